The summed E-state index contributed by atoms with van der Waals surface area (Å²) in [6.07, 6.45) is 1.08. The normalized spacial score (nSPS) is 17.6. The van der Waals surface area contributed by atoms with E-state index in [1.54, 1.807) is 12.1 Å². The molecule has 1 aromatic carbocycles. The van der Waals surface area contributed by atoms with Crippen LogP contribution in [0.5, 0.6) is 0 Å². The van der Waals surface area contributed by atoms with E-state index in [4.69, 9.17) is 16.3 Å². The molecule has 1 aliphatic heterocycles. The number of ether oxygens (including phenoxy) is 1. The van der Waals surface area contributed by atoms with Crippen LogP contribution in [-0.2, 0) is 20.6 Å². The SMILES string of the molecule is O=S(=O)(Nc1ccccc1CCl)C1CCOCC1. The molecule has 0 atom stereocenters. The highest BCUT2D eigenvalue weighted by molar-refractivity contribution is 7.93. The lowest BCUT2D eigenvalue weighted by molar-refractivity contribution is 0.0984. The van der Waals surface area contributed by atoms with Gasteiger partial charge in [0.1, 0.15) is 0 Å². The molecule has 0 aromatic heterocycles. The Balaban J connectivity index is 2.16. The summed E-state index contributed by atoms with van der Waals surface area (Å²) in [7, 11) is -3.36. The van der Waals surface area contributed by atoms with Crippen molar-refractivity contribution in [3.63, 3.8) is 0 Å². The average molecular weight is 290 g/mol. The molecule has 1 N–H and O–H groups in total. The average Bonchev–Trinajstić information content (AvgIpc) is 2.40. The fraction of sp³-hybridized carbons (Fsp3) is 0.500. The van der Waals surface area contributed by atoms with Gasteiger partial charge in [-0.3, -0.25) is 4.72 Å². The highest BCUT2D eigenvalue weighted by atomic mass is 35.5. The third-order valence-corrected chi connectivity index (χ3v) is 5.16. The number of halogens is 1. The molecular weight excluding hydrogens is 274 g/mol. The zero-order valence-corrected chi connectivity index (χ0v) is 11.5. The number of benzene rings is 1. The summed E-state index contributed by atoms with van der Waals surface area (Å²) in [4.78, 5) is 0. The van der Waals surface area contributed by atoms with E-state index in [0.29, 0.717) is 31.7 Å². The van der Waals surface area contributed by atoms with E-state index in [0.717, 1.165) is 5.56 Å². The predicted molar refractivity (Wildman–Crippen MR) is 72.4 cm³/mol. The van der Waals surface area contributed by atoms with E-state index < -0.39 is 10.0 Å². The van der Waals surface area contributed by atoms with Crippen molar-refractivity contribution >= 4 is 27.3 Å². The summed E-state index contributed by atoms with van der Waals surface area (Å²) >= 11 is 5.79. The molecule has 0 spiro atoms. The molecule has 0 amide bonds. The number of para-hydroxylation sites is 1. The standard InChI is InChI=1S/C12H16ClNO3S/c13-9-10-3-1-2-4-12(10)14-18(15,16)11-5-7-17-8-6-11/h1-4,11,14H,5-9H2. The molecule has 0 unspecified atom stereocenters. The smallest absolute Gasteiger partial charge is 0.235 e. The van der Waals surface area contributed by atoms with Crippen LogP contribution < -0.4 is 4.72 Å². The summed E-state index contributed by atoms with van der Waals surface area (Å²) in [6.45, 7) is 1.01. The number of sulfonamides is 1. The fourth-order valence-corrected chi connectivity index (χ4v) is 3.68. The summed E-state index contributed by atoms with van der Waals surface area (Å²) < 4.78 is 32.2. The topological polar surface area (TPSA) is 55.4 Å². The van der Waals surface area contributed by atoms with E-state index in [2.05, 4.69) is 4.72 Å². The Morgan fingerprint density at radius 1 is 1.28 bits per heavy atom. The minimum atomic E-state index is -3.36. The summed E-state index contributed by atoms with van der Waals surface area (Å²) in [5.74, 6) is 0.284. The number of anilines is 1. The zero-order chi connectivity index (χ0) is 13.0. The molecule has 0 bridgehead atoms. The minimum absolute atomic E-state index is 0.284. The van der Waals surface area contributed by atoms with E-state index >= 15 is 0 Å². The maximum atomic E-state index is 12.2. The Morgan fingerprint density at radius 3 is 2.61 bits per heavy atom. The van der Waals surface area contributed by atoms with Gasteiger partial charge in [-0.2, -0.15) is 0 Å². The van der Waals surface area contributed by atoms with Crippen molar-refractivity contribution in [3.8, 4) is 0 Å². The number of alkyl halides is 1. The molecule has 2 rings (SSSR count). The van der Waals surface area contributed by atoms with Crippen LogP contribution in [0.1, 0.15) is 18.4 Å². The van der Waals surface area contributed by atoms with Crippen molar-refractivity contribution in [1.82, 2.24) is 0 Å². The van der Waals surface area contributed by atoms with Gasteiger partial charge in [0.2, 0.25) is 10.0 Å². The predicted octanol–water partition coefficient (Wildman–Crippen LogP) is 2.35. The number of nitrogens with one attached hydrogen (secondary N) is 1. The largest absolute Gasteiger partial charge is 0.381 e. The number of hydrogen-bond acceptors (Lipinski definition) is 3. The highest BCUT2D eigenvalue weighted by Gasteiger charge is 2.28. The van der Waals surface area contributed by atoms with Crippen molar-refractivity contribution in [2.24, 2.45) is 0 Å². The monoisotopic (exact) mass is 289 g/mol. The Labute approximate surface area is 112 Å². The van der Waals surface area contributed by atoms with Crippen LogP contribution in [0.15, 0.2) is 24.3 Å². The molecule has 18 heavy (non-hydrogen) atoms. The molecule has 1 saturated heterocycles. The van der Waals surface area contributed by atoms with Crippen LogP contribution in [0, 0.1) is 0 Å². The van der Waals surface area contributed by atoms with Gasteiger partial charge in [0, 0.05) is 19.1 Å². The Morgan fingerprint density at radius 2 is 1.94 bits per heavy atom. The number of rotatable bonds is 4. The molecular formula is C12H16ClNO3S. The maximum absolute atomic E-state index is 12.2. The number of hydrogen-bond donors (Lipinski definition) is 1. The second-order valence-electron chi connectivity index (χ2n) is 4.25. The van der Waals surface area contributed by atoms with Crippen LogP contribution in [0.2, 0.25) is 0 Å². The third-order valence-electron chi connectivity index (χ3n) is 3.02. The van der Waals surface area contributed by atoms with Crippen molar-refractivity contribution in [2.45, 2.75) is 24.0 Å². The van der Waals surface area contributed by atoms with Gasteiger partial charge in [-0.05, 0) is 24.5 Å². The van der Waals surface area contributed by atoms with Crippen LogP contribution >= 0.6 is 11.6 Å². The Kier molecular flexibility index (Phi) is 4.48. The first-order valence-electron chi connectivity index (χ1n) is 5.87. The molecule has 1 heterocycles. The molecule has 0 saturated carbocycles. The van der Waals surface area contributed by atoms with Crippen LogP contribution in [0.25, 0.3) is 0 Å². The van der Waals surface area contributed by atoms with Gasteiger partial charge in [-0.1, -0.05) is 18.2 Å². The van der Waals surface area contributed by atoms with E-state index in [1.165, 1.54) is 0 Å². The zero-order valence-electron chi connectivity index (χ0n) is 9.93. The van der Waals surface area contributed by atoms with E-state index in [1.807, 2.05) is 12.1 Å². The first-order chi connectivity index (χ1) is 8.63. The third kappa shape index (κ3) is 3.16. The first kappa shape index (κ1) is 13.6. The van der Waals surface area contributed by atoms with Crippen molar-refractivity contribution in [3.05, 3.63) is 29.8 Å². The minimum Gasteiger partial charge on any atom is -0.381 e. The second-order valence-corrected chi connectivity index (χ2v) is 6.48. The van der Waals surface area contributed by atoms with Gasteiger partial charge in [-0.15, -0.1) is 11.6 Å². The van der Waals surface area contributed by atoms with E-state index in [-0.39, 0.29) is 11.1 Å². The lowest BCUT2D eigenvalue weighted by atomic mass is 10.2. The van der Waals surface area contributed by atoms with Crippen LogP contribution in [0.4, 0.5) is 5.69 Å². The van der Waals surface area contributed by atoms with Crippen molar-refractivity contribution < 1.29 is 13.2 Å². The Hall–Kier alpha value is -0.780. The highest BCUT2D eigenvalue weighted by Crippen LogP contribution is 2.22. The quantitative estimate of drug-likeness (QED) is 0.866. The van der Waals surface area contributed by atoms with E-state index in [9.17, 15) is 8.42 Å². The van der Waals surface area contributed by atoms with Gasteiger partial charge in [0.05, 0.1) is 10.9 Å². The van der Waals surface area contributed by atoms with Gasteiger partial charge in [0.25, 0.3) is 0 Å². The van der Waals surface area contributed by atoms with Crippen LogP contribution in [-0.4, -0.2) is 26.9 Å². The lowest BCUT2D eigenvalue weighted by Gasteiger charge is -2.23. The fourth-order valence-electron chi connectivity index (χ4n) is 1.96. The molecule has 4 nitrogen and oxygen atoms in total. The van der Waals surface area contributed by atoms with Crippen molar-refractivity contribution in [1.29, 1.82) is 0 Å². The van der Waals surface area contributed by atoms with Crippen LogP contribution in [0.3, 0.4) is 0 Å². The first-order valence-corrected chi connectivity index (χ1v) is 7.95. The lowest BCUT2D eigenvalue weighted by Crippen LogP contribution is -2.33. The van der Waals surface area contributed by atoms with Gasteiger partial charge in [-0.25, -0.2) is 8.42 Å². The molecule has 6 heteroatoms. The molecule has 100 valence electrons. The maximum Gasteiger partial charge on any atom is 0.235 e. The Bertz CT molecular complexity index is 498. The van der Waals surface area contributed by atoms with Gasteiger partial charge in [0.15, 0.2) is 0 Å². The summed E-state index contributed by atoms with van der Waals surface area (Å²) in [5.41, 5.74) is 1.36. The molecule has 1 fully saturated rings. The van der Waals surface area contributed by atoms with Gasteiger partial charge >= 0.3 is 0 Å². The molecule has 1 aromatic rings. The second kappa shape index (κ2) is 5.91. The summed E-state index contributed by atoms with van der Waals surface area (Å²) in [5, 5.41) is -0.380. The summed E-state index contributed by atoms with van der Waals surface area (Å²) in [6, 6.07) is 7.17. The van der Waals surface area contributed by atoms with Crippen molar-refractivity contribution in [2.75, 3.05) is 17.9 Å². The molecule has 0 radical (unpaired) electrons. The molecule has 0 aliphatic carbocycles. The van der Waals surface area contributed by atoms with Gasteiger partial charge < -0.3 is 4.74 Å². The molecule has 1 aliphatic rings.